The molecular weight excluding hydrogens is 222 g/mol. The summed E-state index contributed by atoms with van der Waals surface area (Å²) in [4.78, 5) is 0. The summed E-state index contributed by atoms with van der Waals surface area (Å²) in [7, 11) is 2.07. The Balaban J connectivity index is 2.33. The number of ether oxygens (including phenoxy) is 1. The Bertz CT molecular complexity index is 215. The minimum Gasteiger partial charge on any atom is -0.377 e. The molecule has 18 heavy (non-hydrogen) atoms. The van der Waals surface area contributed by atoms with Crippen LogP contribution in [0.5, 0.6) is 0 Å². The molecule has 1 aliphatic carbocycles. The fourth-order valence-corrected chi connectivity index (χ4v) is 3.01. The van der Waals surface area contributed by atoms with Crippen LogP contribution in [0.2, 0.25) is 0 Å². The molecule has 1 saturated carbocycles. The molecule has 3 atom stereocenters. The molecule has 0 aromatic carbocycles. The van der Waals surface area contributed by atoms with Gasteiger partial charge in [0.05, 0.1) is 6.10 Å². The van der Waals surface area contributed by atoms with Crippen LogP contribution in [0.25, 0.3) is 0 Å². The van der Waals surface area contributed by atoms with E-state index in [9.17, 15) is 0 Å². The van der Waals surface area contributed by atoms with E-state index in [0.29, 0.717) is 12.1 Å². The van der Waals surface area contributed by atoms with E-state index in [0.717, 1.165) is 24.4 Å². The average molecular weight is 255 g/mol. The Kier molecular flexibility index (Phi) is 7.25. The Labute approximate surface area is 114 Å². The summed E-state index contributed by atoms with van der Waals surface area (Å²) < 4.78 is 6.15. The van der Waals surface area contributed by atoms with Crippen LogP contribution in [0.1, 0.15) is 59.8 Å². The smallest absolute Gasteiger partial charge is 0.0730 e. The lowest BCUT2D eigenvalue weighted by Crippen LogP contribution is -2.45. The first kappa shape index (κ1) is 16.0. The summed E-state index contributed by atoms with van der Waals surface area (Å²) in [5, 5.41) is 3.44. The van der Waals surface area contributed by atoms with Crippen LogP contribution >= 0.6 is 0 Å². The zero-order valence-electron chi connectivity index (χ0n) is 13.0. The van der Waals surface area contributed by atoms with E-state index < -0.39 is 0 Å². The van der Waals surface area contributed by atoms with Crippen molar-refractivity contribution in [2.75, 3.05) is 13.7 Å². The first-order valence-electron chi connectivity index (χ1n) is 7.83. The van der Waals surface area contributed by atoms with Gasteiger partial charge in [-0.3, -0.25) is 0 Å². The summed E-state index contributed by atoms with van der Waals surface area (Å²) >= 11 is 0. The molecule has 1 fully saturated rings. The molecule has 3 unspecified atom stereocenters. The molecule has 1 rings (SSSR count). The predicted molar refractivity (Wildman–Crippen MR) is 78.8 cm³/mol. The van der Waals surface area contributed by atoms with Crippen molar-refractivity contribution in [1.29, 1.82) is 0 Å². The maximum Gasteiger partial charge on any atom is 0.0730 e. The quantitative estimate of drug-likeness (QED) is 0.698. The van der Waals surface area contributed by atoms with Gasteiger partial charge in [-0.1, -0.05) is 27.7 Å². The highest BCUT2D eigenvalue weighted by Crippen LogP contribution is 2.31. The van der Waals surface area contributed by atoms with Crippen molar-refractivity contribution < 1.29 is 4.74 Å². The van der Waals surface area contributed by atoms with Crippen LogP contribution in [0.15, 0.2) is 0 Å². The molecule has 0 bridgehead atoms. The van der Waals surface area contributed by atoms with Crippen molar-refractivity contribution in [3.63, 3.8) is 0 Å². The second-order valence-corrected chi connectivity index (χ2v) is 6.66. The van der Waals surface area contributed by atoms with Gasteiger partial charge in [-0.25, -0.2) is 0 Å². The van der Waals surface area contributed by atoms with Gasteiger partial charge in [-0.05, 0) is 56.9 Å². The van der Waals surface area contributed by atoms with E-state index in [2.05, 4.69) is 40.1 Å². The molecular formula is C16H33NO. The van der Waals surface area contributed by atoms with Crippen molar-refractivity contribution in [1.82, 2.24) is 5.32 Å². The minimum absolute atomic E-state index is 0.434. The van der Waals surface area contributed by atoms with Crippen LogP contribution < -0.4 is 5.32 Å². The molecule has 2 heteroatoms. The fraction of sp³-hybridized carbons (Fsp3) is 1.00. The molecule has 1 aliphatic rings. The van der Waals surface area contributed by atoms with E-state index in [1.54, 1.807) is 0 Å². The minimum atomic E-state index is 0.434. The third-order valence-electron chi connectivity index (χ3n) is 4.40. The van der Waals surface area contributed by atoms with Gasteiger partial charge in [-0.2, -0.15) is 0 Å². The topological polar surface area (TPSA) is 21.3 Å². The zero-order valence-corrected chi connectivity index (χ0v) is 13.0. The number of likely N-dealkylation sites (N-methyl/N-ethyl adjacent to an activating group) is 1. The Morgan fingerprint density at radius 2 is 1.89 bits per heavy atom. The predicted octanol–water partition coefficient (Wildman–Crippen LogP) is 3.85. The Morgan fingerprint density at radius 3 is 2.44 bits per heavy atom. The number of nitrogens with one attached hydrogen (secondary N) is 1. The van der Waals surface area contributed by atoms with Crippen molar-refractivity contribution in [3.05, 3.63) is 0 Å². The van der Waals surface area contributed by atoms with E-state index in [4.69, 9.17) is 4.74 Å². The molecule has 0 radical (unpaired) electrons. The van der Waals surface area contributed by atoms with Crippen LogP contribution in [0, 0.1) is 17.8 Å². The lowest BCUT2D eigenvalue weighted by molar-refractivity contribution is -0.0168. The third kappa shape index (κ3) is 5.27. The summed E-state index contributed by atoms with van der Waals surface area (Å²) in [6.07, 6.45) is 6.79. The van der Waals surface area contributed by atoms with Crippen LogP contribution in [0.3, 0.4) is 0 Å². The maximum atomic E-state index is 6.15. The molecule has 0 aromatic rings. The third-order valence-corrected chi connectivity index (χ3v) is 4.40. The average Bonchev–Trinajstić information content (AvgIpc) is 2.34. The zero-order chi connectivity index (χ0) is 13.5. The lowest BCUT2D eigenvalue weighted by Gasteiger charge is -2.37. The van der Waals surface area contributed by atoms with Crippen molar-refractivity contribution in [2.24, 2.45) is 17.8 Å². The molecule has 2 nitrogen and oxygen atoms in total. The van der Waals surface area contributed by atoms with E-state index >= 15 is 0 Å². The van der Waals surface area contributed by atoms with Gasteiger partial charge in [0, 0.05) is 12.6 Å². The first-order chi connectivity index (χ1) is 8.54. The summed E-state index contributed by atoms with van der Waals surface area (Å²) in [6, 6.07) is 0.569. The van der Waals surface area contributed by atoms with Gasteiger partial charge in [0.2, 0.25) is 0 Å². The molecule has 0 spiro atoms. The standard InChI is InChI=1S/C16H33NO/c1-12(2)7-6-10-18-16-11-14(13(3)4)8-9-15(16)17-5/h12-17H,6-11H2,1-5H3. The van der Waals surface area contributed by atoms with E-state index in [1.807, 2.05) is 0 Å². The van der Waals surface area contributed by atoms with Crippen LogP contribution in [-0.4, -0.2) is 25.8 Å². The fourth-order valence-electron chi connectivity index (χ4n) is 3.01. The van der Waals surface area contributed by atoms with Gasteiger partial charge in [-0.15, -0.1) is 0 Å². The highest BCUT2D eigenvalue weighted by atomic mass is 16.5. The maximum absolute atomic E-state index is 6.15. The Hall–Kier alpha value is -0.0800. The number of hydrogen-bond acceptors (Lipinski definition) is 2. The molecule has 1 N–H and O–H groups in total. The molecule has 108 valence electrons. The highest BCUT2D eigenvalue weighted by molar-refractivity contribution is 4.86. The van der Waals surface area contributed by atoms with Crippen molar-refractivity contribution in [2.45, 2.75) is 71.9 Å². The van der Waals surface area contributed by atoms with Gasteiger partial charge in [0.15, 0.2) is 0 Å². The molecule has 0 aliphatic heterocycles. The van der Waals surface area contributed by atoms with Crippen molar-refractivity contribution in [3.8, 4) is 0 Å². The SMILES string of the molecule is CNC1CCC(C(C)C)CC1OCCCC(C)C. The summed E-state index contributed by atoms with van der Waals surface area (Å²) in [5.74, 6) is 2.44. The van der Waals surface area contributed by atoms with Gasteiger partial charge in [0.1, 0.15) is 0 Å². The summed E-state index contributed by atoms with van der Waals surface area (Å²) in [5.41, 5.74) is 0. The molecule has 0 aromatic heterocycles. The van der Waals surface area contributed by atoms with Crippen molar-refractivity contribution >= 4 is 0 Å². The lowest BCUT2D eigenvalue weighted by atomic mass is 9.78. The first-order valence-corrected chi connectivity index (χ1v) is 7.83. The second kappa shape index (κ2) is 8.16. The highest BCUT2D eigenvalue weighted by Gasteiger charge is 2.31. The number of hydrogen-bond donors (Lipinski definition) is 1. The molecule has 0 amide bonds. The molecule has 0 heterocycles. The van der Waals surface area contributed by atoms with Crippen LogP contribution in [-0.2, 0) is 4.74 Å². The van der Waals surface area contributed by atoms with Gasteiger partial charge in [0.25, 0.3) is 0 Å². The van der Waals surface area contributed by atoms with Gasteiger partial charge < -0.3 is 10.1 Å². The monoisotopic (exact) mass is 255 g/mol. The van der Waals surface area contributed by atoms with E-state index in [1.165, 1.54) is 32.1 Å². The van der Waals surface area contributed by atoms with Gasteiger partial charge >= 0.3 is 0 Å². The number of rotatable bonds is 7. The summed E-state index contributed by atoms with van der Waals surface area (Å²) in [6.45, 7) is 10.2. The second-order valence-electron chi connectivity index (χ2n) is 6.66. The normalized spacial score (nSPS) is 29.2. The Morgan fingerprint density at radius 1 is 1.17 bits per heavy atom. The largest absolute Gasteiger partial charge is 0.377 e. The molecule has 0 saturated heterocycles. The van der Waals surface area contributed by atoms with Crippen LogP contribution in [0.4, 0.5) is 0 Å². The van der Waals surface area contributed by atoms with E-state index in [-0.39, 0.29) is 0 Å².